The minimum Gasteiger partial charge on any atom is -0.487 e. The number of benzene rings is 3. The van der Waals surface area contributed by atoms with E-state index in [0.717, 1.165) is 86.3 Å². The number of carbonyl (C=O) groups excluding carboxylic acids is 4. The molecule has 1 N–H and O–H groups in total. The quantitative estimate of drug-likeness (QED) is 0.102. The van der Waals surface area contributed by atoms with Crippen LogP contribution < -0.4 is 19.9 Å². The molecule has 13 nitrogen and oxygen atoms in total. The van der Waals surface area contributed by atoms with E-state index < -0.39 is 17.7 Å². The summed E-state index contributed by atoms with van der Waals surface area (Å²) in [5.74, 6) is -1.79. The molecule has 1 aliphatic carbocycles. The van der Waals surface area contributed by atoms with E-state index in [1.165, 1.54) is 25.9 Å². The number of ether oxygens (including phenoxy) is 1. The lowest BCUT2D eigenvalue weighted by atomic mass is 9.71. The second-order valence-corrected chi connectivity index (χ2v) is 19.7. The number of amides is 2. The summed E-state index contributed by atoms with van der Waals surface area (Å²) in [6, 6.07) is 22.1. The first-order chi connectivity index (χ1) is 30.9. The molecule has 64 heavy (non-hydrogen) atoms. The maximum absolute atomic E-state index is 13.4. The summed E-state index contributed by atoms with van der Waals surface area (Å²) in [6.45, 7) is 20.2. The Morgan fingerprint density at radius 3 is 2.28 bits per heavy atom. The molecule has 6 heterocycles. The Labute approximate surface area is 378 Å². The third-order valence-corrected chi connectivity index (χ3v) is 15.3. The molecular formula is C50H53ClN8O5. The monoisotopic (exact) mass is 880 g/mol. The van der Waals surface area contributed by atoms with Crippen LogP contribution in [-0.2, 0) is 21.6 Å². The van der Waals surface area contributed by atoms with Crippen molar-refractivity contribution in [3.05, 3.63) is 117 Å². The van der Waals surface area contributed by atoms with Crippen molar-refractivity contribution in [2.45, 2.75) is 76.5 Å². The third kappa shape index (κ3) is 7.94. The lowest BCUT2D eigenvalue weighted by Gasteiger charge is -2.58. The normalized spacial score (nSPS) is 23.1. The average Bonchev–Trinajstić information content (AvgIpc) is 3.52. The van der Waals surface area contributed by atoms with Crippen molar-refractivity contribution in [2.24, 2.45) is 17.3 Å². The SMILES string of the molecule is [C-]#[N+]c1cc(Cl)cc(C(C)(C)c2ccc(OCc3ccnc(N4CCC5(CC4)CN(C4CCN(C6CN(c7ccc8c(c7)C(=O)C(C7CCC(=O)NC7=O)C8=O)C6)CC4)C5)n3)cc2)c1. The third-order valence-electron chi connectivity index (χ3n) is 15.1. The number of anilines is 2. The second kappa shape index (κ2) is 16.7. The molecule has 5 fully saturated rings. The molecule has 5 saturated heterocycles. The molecular weight excluding hydrogens is 828 g/mol. The van der Waals surface area contributed by atoms with E-state index in [9.17, 15) is 19.2 Å². The minimum atomic E-state index is -1.04. The number of likely N-dealkylation sites (tertiary alicyclic amines) is 2. The molecule has 0 saturated carbocycles. The van der Waals surface area contributed by atoms with Gasteiger partial charge in [0.2, 0.25) is 17.8 Å². The Bertz CT molecular complexity index is 2550. The Balaban J connectivity index is 0.655. The van der Waals surface area contributed by atoms with E-state index in [-0.39, 0.29) is 35.7 Å². The minimum absolute atomic E-state index is 0.143. The van der Waals surface area contributed by atoms with E-state index >= 15 is 0 Å². The number of aromatic nitrogens is 2. The Kier molecular flexibility index (Phi) is 11.0. The second-order valence-electron chi connectivity index (χ2n) is 19.3. The molecule has 2 atom stereocenters. The van der Waals surface area contributed by atoms with Crippen LogP contribution in [0.15, 0.2) is 72.9 Å². The number of rotatable bonds is 10. The van der Waals surface area contributed by atoms with Crippen molar-refractivity contribution in [2.75, 3.05) is 62.2 Å². The van der Waals surface area contributed by atoms with Crippen molar-refractivity contribution < 1.29 is 23.9 Å². The van der Waals surface area contributed by atoms with Crippen LogP contribution in [0.3, 0.4) is 0 Å². The lowest BCUT2D eigenvalue weighted by Crippen LogP contribution is -2.66. The fourth-order valence-corrected chi connectivity index (χ4v) is 11.2. The number of carbonyl (C=O) groups is 4. The maximum Gasteiger partial charge on any atom is 0.230 e. The predicted octanol–water partition coefficient (Wildman–Crippen LogP) is 6.89. The zero-order valence-electron chi connectivity index (χ0n) is 36.4. The standard InChI is InChI=1S/C50H53ClN8O5/c1-49(2,32-22-33(51)24-35(23-32)52-3)31-4-7-39(8-5-31)64-28-34-12-17-53-48(54-34)57-20-15-50(16-21-57)29-59(30-50)36-13-18-56(19-14-36)38-26-58(27-38)37-6-9-40-42(25-37)46(62)44(45(40)61)41-10-11-43(60)55-47(41)63/h4-9,12,17,22-25,36,38,41,44H,10-11,13-16,18-21,26-30H2,1-2H3,(H,55,60,63). The predicted molar refractivity (Wildman–Crippen MR) is 243 cm³/mol. The first kappa shape index (κ1) is 42.3. The number of fused-ring (bicyclic) bond motifs is 1. The topological polar surface area (TPSA) is 133 Å². The highest BCUT2D eigenvalue weighted by molar-refractivity contribution is 6.31. The molecule has 0 bridgehead atoms. The first-order valence-electron chi connectivity index (χ1n) is 22.6. The van der Waals surface area contributed by atoms with Crippen LogP contribution in [-0.4, -0.2) is 108 Å². The van der Waals surface area contributed by atoms with Gasteiger partial charge >= 0.3 is 0 Å². The van der Waals surface area contributed by atoms with Crippen LogP contribution in [0.1, 0.15) is 89.9 Å². The smallest absolute Gasteiger partial charge is 0.230 e. The van der Waals surface area contributed by atoms with E-state index in [2.05, 4.69) is 60.7 Å². The van der Waals surface area contributed by atoms with Crippen molar-refractivity contribution in [3.63, 3.8) is 0 Å². The average molecular weight is 881 g/mol. The molecule has 5 aliphatic heterocycles. The first-order valence-corrected chi connectivity index (χ1v) is 23.0. The van der Waals surface area contributed by atoms with Gasteiger partial charge in [0.05, 0.1) is 24.1 Å². The highest BCUT2D eigenvalue weighted by atomic mass is 35.5. The highest BCUT2D eigenvalue weighted by Crippen LogP contribution is 2.44. The summed E-state index contributed by atoms with van der Waals surface area (Å²) in [7, 11) is 0. The molecule has 1 spiro atoms. The summed E-state index contributed by atoms with van der Waals surface area (Å²) < 4.78 is 6.17. The molecule has 1 aromatic heterocycles. The summed E-state index contributed by atoms with van der Waals surface area (Å²) in [5, 5.41) is 2.86. The Morgan fingerprint density at radius 1 is 0.828 bits per heavy atom. The van der Waals surface area contributed by atoms with Crippen molar-refractivity contribution >= 4 is 52.3 Å². The van der Waals surface area contributed by atoms with E-state index in [1.807, 2.05) is 48.7 Å². The summed E-state index contributed by atoms with van der Waals surface area (Å²) >= 11 is 6.32. The van der Waals surface area contributed by atoms with E-state index in [0.29, 0.717) is 45.9 Å². The van der Waals surface area contributed by atoms with Crippen molar-refractivity contribution in [1.82, 2.24) is 25.1 Å². The van der Waals surface area contributed by atoms with Crippen LogP contribution in [0.2, 0.25) is 5.02 Å². The van der Waals surface area contributed by atoms with E-state index in [4.69, 9.17) is 27.9 Å². The van der Waals surface area contributed by atoms with Gasteiger partial charge < -0.3 is 14.5 Å². The molecule has 2 unspecified atom stereocenters. The van der Waals surface area contributed by atoms with Gasteiger partial charge in [0.25, 0.3) is 0 Å². The number of halogens is 1. The van der Waals surface area contributed by atoms with Gasteiger partial charge in [-0.1, -0.05) is 43.6 Å². The zero-order valence-corrected chi connectivity index (χ0v) is 37.1. The summed E-state index contributed by atoms with van der Waals surface area (Å²) in [6.07, 6.45) is 6.83. The van der Waals surface area contributed by atoms with Gasteiger partial charge in [-0.2, -0.15) is 0 Å². The molecule has 330 valence electrons. The molecule has 0 radical (unpaired) electrons. The number of Topliss-reactive ketones (excluding diaryl/α,β-unsaturated/α-hetero) is 2. The van der Waals surface area contributed by atoms with Crippen molar-refractivity contribution in [3.8, 4) is 5.75 Å². The number of imide groups is 1. The summed E-state index contributed by atoms with van der Waals surface area (Å²) in [5.41, 5.74) is 5.23. The van der Waals surface area contributed by atoms with Crippen LogP contribution in [0.25, 0.3) is 4.85 Å². The van der Waals surface area contributed by atoms with Gasteiger partial charge in [0, 0.05) is 104 Å². The Hall–Kier alpha value is -5.68. The largest absolute Gasteiger partial charge is 0.487 e. The van der Waals surface area contributed by atoms with Crippen LogP contribution >= 0.6 is 11.6 Å². The van der Waals surface area contributed by atoms with Gasteiger partial charge in [-0.3, -0.25) is 34.3 Å². The molecule has 2 amide bonds. The number of hydrogen-bond acceptors (Lipinski definition) is 11. The van der Waals surface area contributed by atoms with Gasteiger partial charge in [0.1, 0.15) is 12.4 Å². The van der Waals surface area contributed by atoms with Gasteiger partial charge in [-0.05, 0) is 97.2 Å². The highest BCUT2D eigenvalue weighted by Gasteiger charge is 2.49. The fraction of sp³-hybridized carbons (Fsp3) is 0.460. The molecule has 3 aromatic carbocycles. The van der Waals surface area contributed by atoms with Crippen LogP contribution in [0.4, 0.5) is 17.3 Å². The zero-order chi connectivity index (χ0) is 44.3. The van der Waals surface area contributed by atoms with Crippen LogP contribution in [0, 0.1) is 23.8 Å². The maximum atomic E-state index is 13.4. The lowest BCUT2D eigenvalue weighted by molar-refractivity contribution is -0.137. The molecule has 4 aromatic rings. The Morgan fingerprint density at radius 2 is 1.56 bits per heavy atom. The van der Waals surface area contributed by atoms with E-state index in [1.54, 1.807) is 12.1 Å². The van der Waals surface area contributed by atoms with Gasteiger partial charge in [0.15, 0.2) is 17.3 Å². The number of piperidine rings is 3. The van der Waals surface area contributed by atoms with Gasteiger partial charge in [-0.25, -0.2) is 14.8 Å². The summed E-state index contributed by atoms with van der Waals surface area (Å²) in [4.78, 5) is 73.8. The molecule has 6 aliphatic rings. The number of ketones is 2. The van der Waals surface area contributed by atoms with Gasteiger partial charge in [-0.15, -0.1) is 0 Å². The molecule has 14 heteroatoms. The fourth-order valence-electron chi connectivity index (χ4n) is 11.0. The van der Waals surface area contributed by atoms with Crippen molar-refractivity contribution in [1.29, 1.82) is 0 Å². The number of nitrogens with one attached hydrogen (secondary N) is 1. The van der Waals surface area contributed by atoms with Crippen LogP contribution in [0.5, 0.6) is 5.75 Å². The number of nitrogens with zero attached hydrogens (tertiary/aromatic N) is 7. The molecule has 10 rings (SSSR count). The number of hydrogen-bond donors (Lipinski definition) is 1.